The molecule has 14 heavy (non-hydrogen) atoms. The van der Waals surface area contributed by atoms with Crippen LogP contribution in [0.3, 0.4) is 0 Å². The first-order valence-electron chi connectivity index (χ1n) is 4.24. The molecule has 0 saturated carbocycles. The lowest BCUT2D eigenvalue weighted by atomic mass is 10.1. The van der Waals surface area contributed by atoms with Crippen LogP contribution in [0, 0.1) is 0 Å². The van der Waals surface area contributed by atoms with Gasteiger partial charge in [-0.2, -0.15) is 0 Å². The van der Waals surface area contributed by atoms with Gasteiger partial charge in [0.05, 0.1) is 11.3 Å². The van der Waals surface area contributed by atoms with Gasteiger partial charge >= 0.3 is 5.97 Å². The quantitative estimate of drug-likeness (QED) is 0.828. The van der Waals surface area contributed by atoms with Crippen LogP contribution in [-0.2, 0) is 9.63 Å². The summed E-state index contributed by atoms with van der Waals surface area (Å²) in [5.41, 5.74) is 0.853. The molecule has 5 heteroatoms. The number of carboxylic acid groups (broad SMARTS) is 1. The van der Waals surface area contributed by atoms with Crippen LogP contribution < -0.4 is 0 Å². The highest BCUT2D eigenvalue weighted by molar-refractivity contribution is 7.12. The van der Waals surface area contributed by atoms with E-state index in [0.717, 1.165) is 10.6 Å². The number of oxime groups is 1. The number of carbonyl (C=O) groups is 1. The molecule has 2 rings (SSSR count). The monoisotopic (exact) mass is 211 g/mol. The Morgan fingerprint density at radius 2 is 2.64 bits per heavy atom. The molecule has 1 aliphatic rings. The molecule has 1 aromatic heterocycles. The lowest BCUT2D eigenvalue weighted by Crippen LogP contribution is -2.13. The minimum atomic E-state index is -0.849. The summed E-state index contributed by atoms with van der Waals surface area (Å²) in [4.78, 5) is 16.5. The second kappa shape index (κ2) is 3.79. The van der Waals surface area contributed by atoms with Crippen LogP contribution >= 0.6 is 11.3 Å². The fourth-order valence-corrected chi connectivity index (χ4v) is 2.04. The van der Waals surface area contributed by atoms with Gasteiger partial charge < -0.3 is 9.94 Å². The Morgan fingerprint density at radius 3 is 3.29 bits per heavy atom. The standard InChI is InChI=1S/C9H9NO3S/c11-9(12)5-6-4-7(10-13-6)8-2-1-3-14-8/h1-3,6H,4-5H2,(H,11,12). The van der Waals surface area contributed by atoms with Gasteiger partial charge in [-0.05, 0) is 11.4 Å². The number of thiophene rings is 1. The molecule has 4 nitrogen and oxygen atoms in total. The van der Waals surface area contributed by atoms with Gasteiger partial charge in [-0.3, -0.25) is 4.79 Å². The third kappa shape index (κ3) is 1.93. The number of rotatable bonds is 3. The van der Waals surface area contributed by atoms with Crippen molar-refractivity contribution < 1.29 is 14.7 Å². The molecule has 0 saturated heterocycles. The van der Waals surface area contributed by atoms with E-state index in [0.29, 0.717) is 6.42 Å². The fourth-order valence-electron chi connectivity index (χ4n) is 1.32. The van der Waals surface area contributed by atoms with E-state index < -0.39 is 5.97 Å². The van der Waals surface area contributed by atoms with Crippen LogP contribution in [0.5, 0.6) is 0 Å². The Bertz CT molecular complexity index is 358. The zero-order chi connectivity index (χ0) is 9.97. The van der Waals surface area contributed by atoms with Crippen molar-refractivity contribution in [2.75, 3.05) is 0 Å². The van der Waals surface area contributed by atoms with Crippen LogP contribution in [0.4, 0.5) is 0 Å². The summed E-state index contributed by atoms with van der Waals surface area (Å²) in [6.45, 7) is 0. The van der Waals surface area contributed by atoms with E-state index >= 15 is 0 Å². The molecule has 1 atom stereocenters. The third-order valence-corrected chi connectivity index (χ3v) is 2.86. The number of hydrogen-bond donors (Lipinski definition) is 1. The minimum Gasteiger partial charge on any atom is -0.481 e. The Morgan fingerprint density at radius 1 is 1.79 bits per heavy atom. The molecule has 2 heterocycles. The van der Waals surface area contributed by atoms with Crippen LogP contribution in [0.2, 0.25) is 0 Å². The van der Waals surface area contributed by atoms with Gasteiger partial charge in [0.25, 0.3) is 0 Å². The van der Waals surface area contributed by atoms with Crippen molar-refractivity contribution in [2.24, 2.45) is 5.16 Å². The van der Waals surface area contributed by atoms with Crippen molar-refractivity contribution >= 4 is 23.0 Å². The second-order valence-corrected chi connectivity index (χ2v) is 3.99. The van der Waals surface area contributed by atoms with E-state index in [-0.39, 0.29) is 12.5 Å². The highest BCUT2D eigenvalue weighted by Crippen LogP contribution is 2.21. The van der Waals surface area contributed by atoms with Crippen LogP contribution in [0.1, 0.15) is 17.7 Å². The maximum Gasteiger partial charge on any atom is 0.307 e. The fraction of sp³-hybridized carbons (Fsp3) is 0.333. The Kier molecular flexibility index (Phi) is 2.49. The van der Waals surface area contributed by atoms with Crippen LogP contribution in [0.25, 0.3) is 0 Å². The molecule has 0 bridgehead atoms. The van der Waals surface area contributed by atoms with E-state index in [1.807, 2.05) is 17.5 Å². The first-order valence-corrected chi connectivity index (χ1v) is 5.12. The number of carboxylic acids is 1. The Balaban J connectivity index is 1.97. The molecule has 1 N–H and O–H groups in total. The first-order chi connectivity index (χ1) is 6.75. The molecular weight excluding hydrogens is 202 g/mol. The van der Waals surface area contributed by atoms with Gasteiger partial charge in [-0.1, -0.05) is 11.2 Å². The predicted octanol–water partition coefficient (Wildman–Crippen LogP) is 1.72. The van der Waals surface area contributed by atoms with Crippen LogP contribution in [-0.4, -0.2) is 22.9 Å². The highest BCUT2D eigenvalue weighted by atomic mass is 32.1. The summed E-state index contributed by atoms with van der Waals surface area (Å²) in [5.74, 6) is -0.849. The van der Waals surface area contributed by atoms with Crippen molar-refractivity contribution in [3.8, 4) is 0 Å². The van der Waals surface area contributed by atoms with E-state index in [1.165, 1.54) is 0 Å². The van der Waals surface area contributed by atoms with Gasteiger partial charge in [0.2, 0.25) is 0 Å². The summed E-state index contributed by atoms with van der Waals surface area (Å²) in [7, 11) is 0. The van der Waals surface area contributed by atoms with Crippen molar-refractivity contribution in [1.29, 1.82) is 0 Å². The van der Waals surface area contributed by atoms with Crippen molar-refractivity contribution in [1.82, 2.24) is 0 Å². The topological polar surface area (TPSA) is 58.9 Å². The van der Waals surface area contributed by atoms with Gasteiger partial charge in [-0.25, -0.2) is 0 Å². The van der Waals surface area contributed by atoms with Crippen LogP contribution in [0.15, 0.2) is 22.7 Å². The van der Waals surface area contributed by atoms with E-state index in [4.69, 9.17) is 9.94 Å². The lowest BCUT2D eigenvalue weighted by molar-refractivity contribution is -0.139. The first kappa shape index (κ1) is 9.21. The van der Waals surface area contributed by atoms with Gasteiger partial charge in [-0.15, -0.1) is 11.3 Å². The Labute approximate surface area is 84.8 Å². The summed E-state index contributed by atoms with van der Waals surface area (Å²) >= 11 is 1.58. The van der Waals surface area contributed by atoms with Crippen molar-refractivity contribution in [3.05, 3.63) is 22.4 Å². The van der Waals surface area contributed by atoms with Gasteiger partial charge in [0.1, 0.15) is 11.8 Å². The zero-order valence-corrected chi connectivity index (χ0v) is 8.16. The number of aliphatic carboxylic acids is 1. The molecule has 1 aliphatic heterocycles. The summed E-state index contributed by atoms with van der Waals surface area (Å²) in [6.07, 6.45) is 0.301. The maximum absolute atomic E-state index is 10.4. The molecule has 74 valence electrons. The van der Waals surface area contributed by atoms with E-state index in [9.17, 15) is 4.79 Å². The van der Waals surface area contributed by atoms with Crippen molar-refractivity contribution in [3.63, 3.8) is 0 Å². The molecule has 0 spiro atoms. The minimum absolute atomic E-state index is 0.0123. The van der Waals surface area contributed by atoms with Gasteiger partial charge in [0, 0.05) is 6.42 Å². The average molecular weight is 211 g/mol. The molecule has 0 fully saturated rings. The molecule has 0 radical (unpaired) electrons. The molecule has 1 aromatic rings. The summed E-state index contributed by atoms with van der Waals surface area (Å²) < 4.78 is 0. The van der Waals surface area contributed by atoms with Crippen molar-refractivity contribution in [2.45, 2.75) is 18.9 Å². The van der Waals surface area contributed by atoms with E-state index in [2.05, 4.69) is 5.16 Å². The molecule has 0 aliphatic carbocycles. The summed E-state index contributed by atoms with van der Waals surface area (Å²) in [6, 6.07) is 3.89. The predicted molar refractivity (Wildman–Crippen MR) is 52.6 cm³/mol. The highest BCUT2D eigenvalue weighted by Gasteiger charge is 2.24. The molecule has 1 unspecified atom stereocenters. The second-order valence-electron chi connectivity index (χ2n) is 3.04. The smallest absolute Gasteiger partial charge is 0.307 e. The largest absolute Gasteiger partial charge is 0.481 e. The lowest BCUT2D eigenvalue weighted by Gasteiger charge is -2.02. The zero-order valence-electron chi connectivity index (χ0n) is 7.34. The SMILES string of the molecule is O=C(O)CC1CC(c2cccs2)=NO1. The third-order valence-electron chi connectivity index (χ3n) is 1.94. The maximum atomic E-state index is 10.4. The molecule has 0 amide bonds. The molecular formula is C9H9NO3S. The number of nitrogens with zero attached hydrogens (tertiary/aromatic N) is 1. The van der Waals surface area contributed by atoms with E-state index in [1.54, 1.807) is 11.3 Å². The molecule has 0 aromatic carbocycles. The average Bonchev–Trinajstić information content (AvgIpc) is 2.69. The van der Waals surface area contributed by atoms with Gasteiger partial charge in [0.15, 0.2) is 0 Å². The summed E-state index contributed by atoms with van der Waals surface area (Å²) in [5, 5.41) is 14.4. The number of hydrogen-bond acceptors (Lipinski definition) is 4. The Hall–Kier alpha value is -1.36. The normalized spacial score (nSPS) is 20.3.